The maximum absolute atomic E-state index is 15.1. The van der Waals surface area contributed by atoms with Crippen LogP contribution in [0.1, 0.15) is 73.3 Å². The van der Waals surface area contributed by atoms with Crippen LogP contribution in [0.25, 0.3) is 11.1 Å². The second-order valence-electron chi connectivity index (χ2n) is 12.6. The van der Waals surface area contributed by atoms with Crippen LogP contribution in [-0.2, 0) is 22.6 Å². The Hall–Kier alpha value is -3.98. The third kappa shape index (κ3) is 6.29. The lowest BCUT2D eigenvalue weighted by Crippen LogP contribution is -2.38. The Morgan fingerprint density at radius 3 is 2.55 bits per heavy atom. The summed E-state index contributed by atoms with van der Waals surface area (Å²) in [6.07, 6.45) is 6.15. The highest BCUT2D eigenvalue weighted by Crippen LogP contribution is 2.48. The summed E-state index contributed by atoms with van der Waals surface area (Å²) >= 11 is 0. The number of rotatable bonds is 10. The van der Waals surface area contributed by atoms with Gasteiger partial charge in [-0.05, 0) is 97.3 Å². The van der Waals surface area contributed by atoms with Gasteiger partial charge in [-0.25, -0.2) is 9.37 Å². The molecule has 0 spiro atoms. The smallest absolute Gasteiger partial charge is 0.306 e. The summed E-state index contributed by atoms with van der Waals surface area (Å²) in [6, 6.07) is 13.9. The predicted octanol–water partition coefficient (Wildman–Crippen LogP) is 5.87. The van der Waals surface area contributed by atoms with E-state index in [1.54, 1.807) is 13.0 Å². The van der Waals surface area contributed by atoms with E-state index in [9.17, 15) is 14.7 Å². The fraction of sp³-hybridized carbons (Fsp3) is 0.457. The number of hydrogen-bond acceptors (Lipinski definition) is 6. The van der Waals surface area contributed by atoms with E-state index in [0.29, 0.717) is 36.7 Å². The first kappa shape index (κ1) is 30.1. The van der Waals surface area contributed by atoms with Crippen LogP contribution in [0.2, 0.25) is 0 Å². The largest absolute Gasteiger partial charge is 0.485 e. The Morgan fingerprint density at radius 2 is 1.86 bits per heavy atom. The van der Waals surface area contributed by atoms with Gasteiger partial charge >= 0.3 is 5.97 Å². The monoisotopic (exact) mass is 601 g/mol. The van der Waals surface area contributed by atoms with Crippen molar-refractivity contribution in [2.75, 3.05) is 20.2 Å². The Morgan fingerprint density at radius 1 is 1.09 bits per heavy atom. The van der Waals surface area contributed by atoms with Crippen molar-refractivity contribution in [2.45, 2.75) is 64.0 Å². The van der Waals surface area contributed by atoms with Gasteiger partial charge in [0, 0.05) is 24.1 Å². The van der Waals surface area contributed by atoms with Gasteiger partial charge in [0.15, 0.2) is 0 Å². The topological polar surface area (TPSA) is 115 Å². The van der Waals surface area contributed by atoms with E-state index in [2.05, 4.69) is 34.1 Å². The third-order valence-electron chi connectivity index (χ3n) is 9.69. The zero-order chi connectivity index (χ0) is 31.0. The quantitative estimate of drug-likeness (QED) is 0.299. The van der Waals surface area contributed by atoms with Gasteiger partial charge in [0.05, 0.1) is 19.2 Å². The molecule has 232 valence electrons. The summed E-state index contributed by atoms with van der Waals surface area (Å²) < 4.78 is 27.1. The van der Waals surface area contributed by atoms with Gasteiger partial charge in [0.2, 0.25) is 11.8 Å². The van der Waals surface area contributed by atoms with E-state index >= 15 is 4.39 Å². The Kier molecular flexibility index (Phi) is 8.58. The van der Waals surface area contributed by atoms with Crippen LogP contribution >= 0.6 is 0 Å². The Bertz CT molecular complexity index is 1550. The number of aryl methyl sites for hydroxylation is 1. The molecule has 0 radical (unpaired) electrons. The van der Waals surface area contributed by atoms with E-state index < -0.39 is 17.7 Å². The van der Waals surface area contributed by atoms with Gasteiger partial charge in [-0.2, -0.15) is 0 Å². The summed E-state index contributed by atoms with van der Waals surface area (Å²) in [5.74, 6) is -0.511. The first-order chi connectivity index (χ1) is 21.2. The lowest BCUT2D eigenvalue weighted by Gasteiger charge is -2.32. The van der Waals surface area contributed by atoms with Crippen molar-refractivity contribution >= 4 is 11.9 Å². The number of hydrogen-bond donors (Lipinski definition) is 2. The summed E-state index contributed by atoms with van der Waals surface area (Å²) in [5, 5.41) is 9.76. The first-order valence-corrected chi connectivity index (χ1v) is 15.6. The molecule has 1 unspecified atom stereocenters. The zero-order valence-electron chi connectivity index (χ0n) is 25.3. The minimum atomic E-state index is -0.770. The van der Waals surface area contributed by atoms with Crippen molar-refractivity contribution in [2.24, 2.45) is 23.5 Å². The molecule has 2 aliphatic heterocycles. The number of nitrogens with zero attached hydrogens (tertiary/aromatic N) is 2. The van der Waals surface area contributed by atoms with Crippen LogP contribution in [0.4, 0.5) is 4.39 Å². The Labute approximate surface area is 257 Å². The van der Waals surface area contributed by atoms with Crippen molar-refractivity contribution in [3.05, 3.63) is 76.7 Å². The summed E-state index contributed by atoms with van der Waals surface area (Å²) in [5.41, 5.74) is 10.9. The van der Waals surface area contributed by atoms with Gasteiger partial charge in [-0.3, -0.25) is 14.5 Å². The van der Waals surface area contributed by atoms with Gasteiger partial charge < -0.3 is 20.3 Å². The van der Waals surface area contributed by atoms with E-state index in [4.69, 9.17) is 15.2 Å². The molecule has 1 aromatic heterocycles. The number of likely N-dealkylation sites (tertiary alicyclic amines) is 1. The number of carboxylic acids is 1. The molecule has 2 aromatic carbocycles. The first-order valence-electron chi connectivity index (χ1n) is 15.6. The molecule has 9 heteroatoms. The molecular formula is C35H40FN3O5. The van der Waals surface area contributed by atoms with Crippen molar-refractivity contribution < 1.29 is 28.6 Å². The van der Waals surface area contributed by atoms with Gasteiger partial charge in [0.1, 0.15) is 17.7 Å². The van der Waals surface area contributed by atoms with Crippen LogP contribution in [0.5, 0.6) is 11.6 Å². The number of fused-ring (bicyclic) bond motifs is 1. The number of nitrogens with two attached hydrogens (primary N) is 1. The fourth-order valence-electron chi connectivity index (χ4n) is 6.97. The van der Waals surface area contributed by atoms with Crippen molar-refractivity contribution in [3.63, 3.8) is 0 Å². The lowest BCUT2D eigenvalue weighted by molar-refractivity contribution is -0.142. The molecule has 3 heterocycles. The number of piperidine rings is 1. The van der Waals surface area contributed by atoms with Crippen LogP contribution in [0.3, 0.4) is 0 Å². The fourth-order valence-corrected chi connectivity index (χ4v) is 6.97. The SMILES string of the molecule is COc1cc(-c2ccc([C@@H]3CCc4ccc(C(C5CC5)[C@H](C)C(=O)O)cc4O3)cc2CN2CCC(C(N)=O)CC2)c(F)cn1. The molecule has 3 N–H and O–H groups in total. The Balaban J connectivity index is 1.30. The standard InChI is InChI=1S/C35H40FN3O5/c1-20(35(41)42)33(22-4-5-22)25-6-3-21-8-10-30(44-31(21)16-25)24-7-9-27(28-17-32(43-2)38-18-29(28)36)26(15-24)19-39-13-11-23(12-14-39)34(37)40/h3,6-7,9,15-18,20,22-23,30,33H,4-5,8,10-14,19H2,1-2H3,(H2,37,40)(H,41,42)/t20-,30-,33?/m0/s1. The molecule has 2 fully saturated rings. The summed E-state index contributed by atoms with van der Waals surface area (Å²) in [6.45, 7) is 3.84. The molecule has 3 aliphatic rings. The number of aliphatic carboxylic acids is 1. The van der Waals surface area contributed by atoms with Crippen LogP contribution in [0, 0.1) is 23.6 Å². The molecule has 1 amide bonds. The molecule has 3 atom stereocenters. The molecule has 1 aliphatic carbocycles. The lowest BCUT2D eigenvalue weighted by atomic mass is 9.82. The van der Waals surface area contributed by atoms with Gasteiger partial charge in [0.25, 0.3) is 0 Å². The van der Waals surface area contributed by atoms with E-state index in [-0.39, 0.29) is 23.8 Å². The minimum Gasteiger partial charge on any atom is -0.485 e. The number of methoxy groups -OCH3 is 1. The predicted molar refractivity (Wildman–Crippen MR) is 164 cm³/mol. The number of halogens is 1. The minimum absolute atomic E-state index is 0.0291. The molecule has 0 bridgehead atoms. The van der Waals surface area contributed by atoms with Crippen LogP contribution < -0.4 is 15.2 Å². The third-order valence-corrected chi connectivity index (χ3v) is 9.69. The van der Waals surface area contributed by atoms with E-state index in [0.717, 1.165) is 72.3 Å². The average molecular weight is 602 g/mol. The number of aromatic nitrogens is 1. The van der Waals surface area contributed by atoms with Crippen molar-refractivity contribution in [1.29, 1.82) is 0 Å². The maximum Gasteiger partial charge on any atom is 0.306 e. The normalized spacial score (nSPS) is 20.3. The molecule has 3 aromatic rings. The molecule has 8 nitrogen and oxygen atoms in total. The van der Waals surface area contributed by atoms with Gasteiger partial charge in [-0.15, -0.1) is 0 Å². The molecule has 1 saturated carbocycles. The highest BCUT2D eigenvalue weighted by molar-refractivity contribution is 5.76. The zero-order valence-corrected chi connectivity index (χ0v) is 25.3. The van der Waals surface area contributed by atoms with Crippen LogP contribution in [0.15, 0.2) is 48.7 Å². The molecule has 6 rings (SSSR count). The second-order valence-corrected chi connectivity index (χ2v) is 12.6. The molecule has 1 saturated heterocycles. The highest BCUT2D eigenvalue weighted by atomic mass is 19.1. The van der Waals surface area contributed by atoms with Crippen molar-refractivity contribution in [3.8, 4) is 22.8 Å². The summed E-state index contributed by atoms with van der Waals surface area (Å²) in [7, 11) is 1.51. The van der Waals surface area contributed by atoms with E-state index in [1.165, 1.54) is 13.3 Å². The number of benzene rings is 2. The van der Waals surface area contributed by atoms with E-state index in [1.807, 2.05) is 12.1 Å². The summed E-state index contributed by atoms with van der Waals surface area (Å²) in [4.78, 5) is 29.9. The average Bonchev–Trinajstić information content (AvgIpc) is 3.86. The number of ether oxygens (including phenoxy) is 2. The molecular weight excluding hydrogens is 561 g/mol. The number of carbonyl (C=O) groups is 2. The number of carboxylic acid groups (broad SMARTS) is 1. The number of primary amides is 1. The molecule has 44 heavy (non-hydrogen) atoms. The highest BCUT2D eigenvalue weighted by Gasteiger charge is 2.39. The van der Waals surface area contributed by atoms with Crippen molar-refractivity contribution in [1.82, 2.24) is 9.88 Å². The number of pyridine rings is 1. The van der Waals surface area contributed by atoms with Gasteiger partial charge in [-0.1, -0.05) is 37.3 Å². The second kappa shape index (κ2) is 12.6. The van der Waals surface area contributed by atoms with Crippen LogP contribution in [-0.4, -0.2) is 47.1 Å². The number of carbonyl (C=O) groups excluding carboxylic acids is 1. The maximum atomic E-state index is 15.1. The number of amides is 1.